The van der Waals surface area contributed by atoms with Gasteiger partial charge in [-0.25, -0.2) is 4.98 Å². The molecule has 0 aliphatic heterocycles. The third kappa shape index (κ3) is 3.09. The predicted octanol–water partition coefficient (Wildman–Crippen LogP) is 4.48. The minimum absolute atomic E-state index is 0.464. The molecule has 0 fully saturated rings. The van der Waals surface area contributed by atoms with Crippen LogP contribution < -0.4 is 9.47 Å². The van der Waals surface area contributed by atoms with Crippen molar-refractivity contribution in [1.82, 2.24) is 4.98 Å². The minimum Gasteiger partial charge on any atom is -0.497 e. The molecule has 0 atom stereocenters. The van der Waals surface area contributed by atoms with E-state index in [0.29, 0.717) is 17.5 Å². The highest BCUT2D eigenvalue weighted by molar-refractivity contribution is 6.35. The maximum absolute atomic E-state index is 6.30. The Balaban J connectivity index is 1.87. The van der Waals surface area contributed by atoms with Gasteiger partial charge in [-0.1, -0.05) is 41.9 Å². The Hall–Kier alpha value is -2.26. The smallest absolute Gasteiger partial charge is 0.215 e. The second kappa shape index (κ2) is 6.02. The topological polar surface area (TPSA) is 31.4 Å². The molecule has 3 rings (SSSR count). The average Bonchev–Trinajstić information content (AvgIpc) is 2.54. The first-order valence-corrected chi connectivity index (χ1v) is 6.95. The average molecular weight is 300 g/mol. The van der Waals surface area contributed by atoms with Gasteiger partial charge in [-0.3, -0.25) is 0 Å². The SMILES string of the molecule is COc1ccc2nc(OCc3ccccc3)cc(Cl)c2c1. The summed E-state index contributed by atoms with van der Waals surface area (Å²) < 4.78 is 10.9. The molecule has 0 saturated carbocycles. The molecular weight excluding hydrogens is 286 g/mol. The van der Waals surface area contributed by atoms with Crippen molar-refractivity contribution in [2.24, 2.45) is 0 Å². The number of fused-ring (bicyclic) bond motifs is 1. The maximum Gasteiger partial charge on any atom is 0.215 e. The molecule has 2 aromatic carbocycles. The van der Waals surface area contributed by atoms with Gasteiger partial charge in [-0.2, -0.15) is 0 Å². The van der Waals surface area contributed by atoms with E-state index >= 15 is 0 Å². The Labute approximate surface area is 128 Å². The lowest BCUT2D eigenvalue weighted by Gasteiger charge is -2.09. The van der Waals surface area contributed by atoms with Gasteiger partial charge in [-0.05, 0) is 23.8 Å². The Kier molecular flexibility index (Phi) is 3.93. The number of hydrogen-bond acceptors (Lipinski definition) is 3. The van der Waals surface area contributed by atoms with Crippen LogP contribution in [0.3, 0.4) is 0 Å². The Morgan fingerprint density at radius 1 is 1.05 bits per heavy atom. The van der Waals surface area contributed by atoms with Crippen molar-refractivity contribution in [2.75, 3.05) is 7.11 Å². The summed E-state index contributed by atoms with van der Waals surface area (Å²) in [5.74, 6) is 1.27. The molecule has 0 radical (unpaired) electrons. The van der Waals surface area contributed by atoms with Gasteiger partial charge in [0.15, 0.2) is 0 Å². The predicted molar refractivity (Wildman–Crippen MR) is 84.1 cm³/mol. The lowest BCUT2D eigenvalue weighted by Crippen LogP contribution is -1.97. The zero-order chi connectivity index (χ0) is 14.7. The second-order valence-electron chi connectivity index (χ2n) is 4.60. The molecule has 0 spiro atoms. The molecule has 0 amide bonds. The van der Waals surface area contributed by atoms with Crippen LogP contribution in [0.5, 0.6) is 11.6 Å². The van der Waals surface area contributed by atoms with Gasteiger partial charge in [-0.15, -0.1) is 0 Å². The summed E-state index contributed by atoms with van der Waals surface area (Å²) in [4.78, 5) is 4.46. The van der Waals surface area contributed by atoms with E-state index in [-0.39, 0.29) is 0 Å². The molecule has 21 heavy (non-hydrogen) atoms. The normalized spacial score (nSPS) is 10.6. The quantitative estimate of drug-likeness (QED) is 0.712. The number of benzene rings is 2. The lowest BCUT2D eigenvalue weighted by molar-refractivity contribution is 0.295. The maximum atomic E-state index is 6.30. The third-order valence-corrected chi connectivity index (χ3v) is 3.48. The van der Waals surface area contributed by atoms with E-state index in [1.165, 1.54) is 0 Å². The van der Waals surface area contributed by atoms with Crippen LogP contribution in [0.2, 0.25) is 5.02 Å². The molecule has 0 unspecified atom stereocenters. The Morgan fingerprint density at radius 3 is 2.62 bits per heavy atom. The molecule has 3 aromatic rings. The number of hydrogen-bond donors (Lipinski definition) is 0. The number of ether oxygens (including phenoxy) is 2. The third-order valence-electron chi connectivity index (χ3n) is 3.17. The van der Waals surface area contributed by atoms with Crippen LogP contribution >= 0.6 is 11.6 Å². The molecule has 0 bridgehead atoms. The zero-order valence-corrected chi connectivity index (χ0v) is 12.3. The molecule has 106 valence electrons. The van der Waals surface area contributed by atoms with E-state index in [9.17, 15) is 0 Å². The first-order valence-electron chi connectivity index (χ1n) is 6.57. The number of pyridine rings is 1. The fraction of sp³-hybridized carbons (Fsp3) is 0.118. The summed E-state index contributed by atoms with van der Waals surface area (Å²) in [5.41, 5.74) is 1.87. The van der Waals surface area contributed by atoms with Crippen molar-refractivity contribution < 1.29 is 9.47 Å². The summed E-state index contributed by atoms with van der Waals surface area (Å²) in [6, 6.07) is 17.3. The summed E-state index contributed by atoms with van der Waals surface area (Å²) in [6.45, 7) is 0.464. The van der Waals surface area contributed by atoms with Gasteiger partial charge in [0.25, 0.3) is 0 Å². The molecule has 0 aliphatic carbocycles. The van der Waals surface area contributed by atoms with Crippen LogP contribution in [0.1, 0.15) is 5.56 Å². The van der Waals surface area contributed by atoms with Crippen LogP contribution in [0.4, 0.5) is 0 Å². The summed E-state index contributed by atoms with van der Waals surface area (Å²) in [7, 11) is 1.62. The molecule has 0 N–H and O–H groups in total. The van der Waals surface area contributed by atoms with Gasteiger partial charge in [0, 0.05) is 11.5 Å². The molecule has 0 saturated heterocycles. The largest absolute Gasteiger partial charge is 0.497 e. The standard InChI is InChI=1S/C17H14ClNO2/c1-20-13-7-8-16-14(9-13)15(18)10-17(19-16)21-11-12-5-3-2-4-6-12/h2-10H,11H2,1H3. The summed E-state index contributed by atoms with van der Waals surface area (Å²) in [5, 5.41) is 1.45. The van der Waals surface area contributed by atoms with E-state index in [0.717, 1.165) is 22.2 Å². The number of halogens is 1. The van der Waals surface area contributed by atoms with Crippen LogP contribution in [0.15, 0.2) is 54.6 Å². The van der Waals surface area contributed by atoms with Crippen LogP contribution in [0.25, 0.3) is 10.9 Å². The number of rotatable bonds is 4. The first kappa shape index (κ1) is 13.7. The molecular formula is C17H14ClNO2. The molecule has 4 heteroatoms. The summed E-state index contributed by atoms with van der Waals surface area (Å²) >= 11 is 6.30. The number of methoxy groups -OCH3 is 1. The molecule has 1 heterocycles. The van der Waals surface area contributed by atoms with E-state index in [1.807, 2.05) is 48.5 Å². The van der Waals surface area contributed by atoms with Crippen molar-refractivity contribution in [1.29, 1.82) is 0 Å². The highest BCUT2D eigenvalue weighted by Gasteiger charge is 2.07. The van der Waals surface area contributed by atoms with E-state index < -0.39 is 0 Å². The van der Waals surface area contributed by atoms with Crippen LogP contribution in [-0.4, -0.2) is 12.1 Å². The van der Waals surface area contributed by atoms with Crippen LogP contribution in [0, 0.1) is 0 Å². The lowest BCUT2D eigenvalue weighted by atomic mass is 10.2. The van der Waals surface area contributed by atoms with Crippen molar-refractivity contribution in [3.63, 3.8) is 0 Å². The van der Waals surface area contributed by atoms with Crippen molar-refractivity contribution in [3.8, 4) is 11.6 Å². The minimum atomic E-state index is 0.464. The monoisotopic (exact) mass is 299 g/mol. The Bertz CT molecular complexity index is 759. The van der Waals surface area contributed by atoms with Crippen molar-refractivity contribution >= 4 is 22.5 Å². The van der Waals surface area contributed by atoms with Gasteiger partial charge in [0.2, 0.25) is 5.88 Å². The van der Waals surface area contributed by atoms with Crippen LogP contribution in [-0.2, 0) is 6.61 Å². The highest BCUT2D eigenvalue weighted by atomic mass is 35.5. The summed E-state index contributed by atoms with van der Waals surface area (Å²) in [6.07, 6.45) is 0. The van der Waals surface area contributed by atoms with Gasteiger partial charge in [0.05, 0.1) is 17.6 Å². The zero-order valence-electron chi connectivity index (χ0n) is 11.5. The van der Waals surface area contributed by atoms with E-state index in [2.05, 4.69) is 4.98 Å². The van der Waals surface area contributed by atoms with E-state index in [1.54, 1.807) is 13.2 Å². The Morgan fingerprint density at radius 2 is 1.86 bits per heavy atom. The fourth-order valence-corrected chi connectivity index (χ4v) is 2.32. The number of aromatic nitrogens is 1. The van der Waals surface area contributed by atoms with Crippen molar-refractivity contribution in [3.05, 3.63) is 65.2 Å². The highest BCUT2D eigenvalue weighted by Crippen LogP contribution is 2.29. The van der Waals surface area contributed by atoms with Gasteiger partial charge in [0.1, 0.15) is 12.4 Å². The molecule has 0 aliphatic rings. The molecule has 3 nitrogen and oxygen atoms in total. The molecule has 1 aromatic heterocycles. The number of nitrogens with zero attached hydrogens (tertiary/aromatic N) is 1. The second-order valence-corrected chi connectivity index (χ2v) is 5.01. The van der Waals surface area contributed by atoms with Gasteiger partial charge >= 0.3 is 0 Å². The van der Waals surface area contributed by atoms with Gasteiger partial charge < -0.3 is 9.47 Å². The fourth-order valence-electron chi connectivity index (χ4n) is 2.07. The first-order chi connectivity index (χ1) is 10.3. The van der Waals surface area contributed by atoms with Crippen molar-refractivity contribution in [2.45, 2.75) is 6.61 Å². The van der Waals surface area contributed by atoms with E-state index in [4.69, 9.17) is 21.1 Å².